The minimum Gasteiger partial charge on any atom is -0.507 e. The number of phenolic OH excluding ortho intramolecular Hbond substituents is 2. The highest BCUT2D eigenvalue weighted by atomic mass is 35.5. The second kappa shape index (κ2) is 24.8. The number of aromatic hydroxyl groups is 2. The third kappa shape index (κ3) is 13.4. The fourth-order valence-electron chi connectivity index (χ4n) is 9.27. The van der Waals surface area contributed by atoms with Gasteiger partial charge in [0.1, 0.15) is 34.2 Å². The fourth-order valence-corrected chi connectivity index (χ4v) is 14.1. The van der Waals surface area contributed by atoms with Crippen molar-refractivity contribution in [3.63, 3.8) is 0 Å². The maximum atomic E-state index is 13.5. The van der Waals surface area contributed by atoms with Crippen LogP contribution in [0.15, 0.2) is 125 Å². The molecular formula is C50H62Cl2N8O12S4. The van der Waals surface area contributed by atoms with E-state index >= 15 is 0 Å². The van der Waals surface area contributed by atoms with Gasteiger partial charge in [-0.05, 0) is 97.1 Å². The molecule has 0 spiro atoms. The molecule has 26 heteroatoms. The summed E-state index contributed by atoms with van der Waals surface area (Å²) >= 11 is 12.6. The molecule has 6 aromatic carbocycles. The summed E-state index contributed by atoms with van der Waals surface area (Å²) in [6.07, 6.45) is 9.42. The van der Waals surface area contributed by atoms with Crippen molar-refractivity contribution in [2.45, 2.75) is 125 Å². The molecule has 0 radical (unpaired) electrons. The van der Waals surface area contributed by atoms with Gasteiger partial charge >= 0.3 is 0 Å². The van der Waals surface area contributed by atoms with Gasteiger partial charge in [-0.1, -0.05) is 103 Å². The van der Waals surface area contributed by atoms with E-state index in [0.29, 0.717) is 13.1 Å². The Hall–Kier alpha value is -5.54. The van der Waals surface area contributed by atoms with E-state index in [1.165, 1.54) is 69.3 Å². The summed E-state index contributed by atoms with van der Waals surface area (Å²) in [5.74, 6) is -0.972. The maximum Gasteiger partial charge on any atom is 0.294 e. The van der Waals surface area contributed by atoms with Gasteiger partial charge in [-0.3, -0.25) is 9.11 Å². The van der Waals surface area contributed by atoms with Crippen molar-refractivity contribution < 1.29 is 53.0 Å². The molecule has 76 heavy (non-hydrogen) atoms. The molecule has 2 saturated carbocycles. The third-order valence-corrected chi connectivity index (χ3v) is 19.2. The summed E-state index contributed by atoms with van der Waals surface area (Å²) in [6, 6.07) is 18.1. The van der Waals surface area contributed by atoms with Gasteiger partial charge in [0, 0.05) is 37.3 Å². The van der Waals surface area contributed by atoms with Crippen LogP contribution in [-0.4, -0.2) is 86.8 Å². The molecule has 2 aliphatic carbocycles. The molecule has 0 aromatic heterocycles. The number of rotatable bonds is 14. The average molecular weight is 1170 g/mol. The topological polar surface area (TPSA) is 325 Å². The van der Waals surface area contributed by atoms with Gasteiger partial charge < -0.3 is 21.7 Å². The first-order chi connectivity index (χ1) is 34.9. The second-order valence-electron chi connectivity index (χ2n) is 17.7. The highest BCUT2D eigenvalue weighted by Crippen LogP contribution is 2.43. The van der Waals surface area contributed by atoms with E-state index in [1.807, 2.05) is 13.8 Å². The number of azo groups is 2. The van der Waals surface area contributed by atoms with Crippen LogP contribution >= 0.6 is 23.2 Å². The largest absolute Gasteiger partial charge is 0.507 e. The molecule has 0 amide bonds. The smallest absolute Gasteiger partial charge is 0.294 e. The molecule has 0 atom stereocenters. The van der Waals surface area contributed by atoms with E-state index in [9.17, 15) is 53.0 Å². The number of fused-ring (bicyclic) bond motifs is 2. The number of halogens is 2. The number of benzene rings is 6. The molecule has 2 fully saturated rings. The zero-order valence-corrected chi connectivity index (χ0v) is 44.8. The van der Waals surface area contributed by atoms with Crippen LogP contribution in [-0.2, 0) is 40.3 Å². The van der Waals surface area contributed by atoms with E-state index in [0.717, 1.165) is 88.5 Å². The Bertz CT molecular complexity index is 3410. The number of hydrogen-bond acceptors (Lipinski definition) is 16. The third-order valence-electron chi connectivity index (χ3n) is 12.9. The van der Waals surface area contributed by atoms with Gasteiger partial charge in [0.25, 0.3) is 20.2 Å². The van der Waals surface area contributed by atoms with E-state index in [2.05, 4.69) is 20.5 Å². The Balaban J connectivity index is 0.000000274. The van der Waals surface area contributed by atoms with Gasteiger partial charge in [0.15, 0.2) is 0 Å². The Morgan fingerprint density at radius 1 is 0.500 bits per heavy atom. The lowest BCUT2D eigenvalue weighted by molar-refractivity contribution is 0.261. The van der Waals surface area contributed by atoms with Crippen molar-refractivity contribution >= 4 is 119 Å². The number of phenols is 2. The van der Waals surface area contributed by atoms with Gasteiger partial charge in [-0.25, -0.2) is 16.8 Å². The Kier molecular flexibility index (Phi) is 20.0. The zero-order valence-electron chi connectivity index (χ0n) is 40.0. The van der Waals surface area contributed by atoms with Crippen LogP contribution < -0.4 is 11.5 Å². The van der Waals surface area contributed by atoms with Crippen molar-refractivity contribution in [1.82, 2.24) is 8.61 Å². The molecule has 0 heterocycles. The minimum atomic E-state index is -4.56. The fraction of sp³-hybridized carbons (Fsp3) is 0.360. The number of anilines is 2. The molecule has 0 aliphatic heterocycles. The van der Waals surface area contributed by atoms with Gasteiger partial charge in [0.05, 0.1) is 51.8 Å². The van der Waals surface area contributed by atoms with E-state index in [1.54, 1.807) is 0 Å². The molecular weight excluding hydrogens is 1100 g/mol. The lowest BCUT2D eigenvalue weighted by Gasteiger charge is -2.32. The van der Waals surface area contributed by atoms with Gasteiger partial charge in [-0.2, -0.15) is 25.4 Å². The van der Waals surface area contributed by atoms with Crippen LogP contribution in [0.3, 0.4) is 0 Å². The summed E-state index contributed by atoms with van der Waals surface area (Å²) in [4.78, 5) is -0.927. The summed E-state index contributed by atoms with van der Waals surface area (Å²) in [5.41, 5.74) is 12.6. The van der Waals surface area contributed by atoms with Crippen molar-refractivity contribution in [3.05, 3.63) is 95.0 Å². The van der Waals surface area contributed by atoms with E-state index in [4.69, 9.17) is 34.7 Å². The lowest BCUT2D eigenvalue weighted by Crippen LogP contribution is -2.41. The molecule has 20 nitrogen and oxygen atoms in total. The highest BCUT2D eigenvalue weighted by molar-refractivity contribution is 7.89. The highest BCUT2D eigenvalue weighted by Gasteiger charge is 2.33. The van der Waals surface area contributed by atoms with Crippen molar-refractivity contribution in [2.24, 2.45) is 20.5 Å². The molecule has 8 N–H and O–H groups in total. The molecule has 0 saturated heterocycles. The number of sulfonamides is 2. The van der Waals surface area contributed by atoms with Gasteiger partial charge in [0.2, 0.25) is 20.0 Å². The van der Waals surface area contributed by atoms with Crippen LogP contribution in [0.5, 0.6) is 11.5 Å². The van der Waals surface area contributed by atoms with Crippen molar-refractivity contribution in [3.8, 4) is 11.5 Å². The summed E-state index contributed by atoms with van der Waals surface area (Å²) in [6.45, 7) is 4.30. The SMILES string of the molecule is C.C.CCN(C1CCCCC1)S(=O)(=O)c1ccc(Cl)c(N=Nc2c(N)ccc3cc(S(=O)(=O)O)cc(O)c23)c1.CCN(C1CCCCC1)S(=O)(=O)c1ccc(Cl)c(N=Nc2c(N)ccc3cc(S(=O)(=O)O)cc(O)c23)c1. The van der Waals surface area contributed by atoms with Crippen LogP contribution in [0.1, 0.15) is 92.9 Å². The predicted octanol–water partition coefficient (Wildman–Crippen LogP) is 12.8. The monoisotopic (exact) mass is 1160 g/mol. The summed E-state index contributed by atoms with van der Waals surface area (Å²) in [5, 5.41) is 38.5. The Labute approximate surface area is 454 Å². The molecule has 412 valence electrons. The van der Waals surface area contributed by atoms with Crippen LogP contribution in [0, 0.1) is 0 Å². The number of nitrogens with zero attached hydrogens (tertiary/aromatic N) is 6. The van der Waals surface area contributed by atoms with E-state index in [-0.39, 0.29) is 102 Å². The standard InChI is InChI=1S/2C24H27ClN4O6S2.2CH4/c2*1-2-29(16-6-4-3-5-7-16)36(31,32)17-9-10-19(25)21(13-17)27-28-24-20(26)11-8-15-12-18(37(33,34)35)14-22(30)23(15)24;;/h2*8-14,16,30H,2-7,26H2,1H3,(H,33,34,35);2*1H4. The molecule has 2 aliphatic rings. The Morgan fingerprint density at radius 3 is 1.16 bits per heavy atom. The van der Waals surface area contributed by atoms with Crippen molar-refractivity contribution in [1.29, 1.82) is 0 Å². The van der Waals surface area contributed by atoms with Crippen LogP contribution in [0.25, 0.3) is 21.5 Å². The second-order valence-corrected chi connectivity index (χ2v) is 25.1. The predicted molar refractivity (Wildman–Crippen MR) is 297 cm³/mol. The first-order valence-electron chi connectivity index (χ1n) is 23.4. The quantitative estimate of drug-likeness (QED) is 0.0336. The number of nitrogen functional groups attached to an aromatic ring is 2. The number of hydrogen-bond donors (Lipinski definition) is 6. The number of nitrogens with two attached hydrogens (primary N) is 2. The first-order valence-corrected chi connectivity index (χ1v) is 29.9. The zero-order chi connectivity index (χ0) is 53.9. The summed E-state index contributed by atoms with van der Waals surface area (Å²) in [7, 11) is -16.7. The van der Waals surface area contributed by atoms with E-state index < -0.39 is 61.6 Å². The summed E-state index contributed by atoms with van der Waals surface area (Å²) < 4.78 is 122. The average Bonchev–Trinajstić information content (AvgIpc) is 3.34. The van der Waals surface area contributed by atoms with Crippen LogP contribution in [0.4, 0.5) is 34.1 Å². The van der Waals surface area contributed by atoms with Crippen molar-refractivity contribution in [2.75, 3.05) is 24.6 Å². The lowest BCUT2D eigenvalue weighted by atomic mass is 9.95. The normalized spacial score (nSPS) is 15.3. The van der Waals surface area contributed by atoms with Crippen LogP contribution in [0.2, 0.25) is 10.0 Å². The maximum absolute atomic E-state index is 13.5. The molecule has 0 unspecified atom stereocenters. The minimum absolute atomic E-state index is 0. The van der Waals surface area contributed by atoms with Gasteiger partial charge in [-0.15, -0.1) is 20.5 Å². The Morgan fingerprint density at radius 2 is 0.842 bits per heavy atom. The molecule has 0 bridgehead atoms. The molecule has 6 aromatic rings. The molecule has 8 rings (SSSR count). The first kappa shape index (κ1) is 61.3.